The summed E-state index contributed by atoms with van der Waals surface area (Å²) < 4.78 is 0. The predicted octanol–water partition coefficient (Wildman–Crippen LogP) is 4.09. The molecule has 0 rings (SSSR count). The Morgan fingerprint density at radius 3 is 2.43 bits per heavy atom. The van der Waals surface area contributed by atoms with Gasteiger partial charge in [-0.05, 0) is 24.0 Å². The van der Waals surface area contributed by atoms with Gasteiger partial charge in [-0.1, -0.05) is 53.7 Å². The Morgan fingerprint density at radius 2 is 2.00 bits per heavy atom. The van der Waals surface area contributed by atoms with Gasteiger partial charge in [0.2, 0.25) is 0 Å². The van der Waals surface area contributed by atoms with Crippen LogP contribution < -0.4 is 5.32 Å². The fourth-order valence-electron chi connectivity index (χ4n) is 1.27. The van der Waals surface area contributed by atoms with Crippen molar-refractivity contribution in [2.24, 2.45) is 11.3 Å². The highest BCUT2D eigenvalue weighted by atomic mass is 14.8. The fraction of sp³-hybridized carbons (Fsp3) is 0.692. The van der Waals surface area contributed by atoms with Gasteiger partial charge >= 0.3 is 0 Å². The van der Waals surface area contributed by atoms with Crippen LogP contribution in [0.25, 0.3) is 0 Å². The van der Waals surface area contributed by atoms with Crippen molar-refractivity contribution in [2.45, 2.75) is 47.5 Å². The molecule has 0 amide bonds. The van der Waals surface area contributed by atoms with Crippen LogP contribution in [0.3, 0.4) is 0 Å². The van der Waals surface area contributed by atoms with Gasteiger partial charge in [0.25, 0.3) is 0 Å². The average Bonchev–Trinajstić information content (AvgIpc) is 2.03. The van der Waals surface area contributed by atoms with Crippen molar-refractivity contribution in [1.82, 2.24) is 5.32 Å². The van der Waals surface area contributed by atoms with E-state index in [2.05, 4.69) is 52.6 Å². The molecule has 82 valence electrons. The average molecular weight is 195 g/mol. The van der Waals surface area contributed by atoms with Crippen LogP contribution in [0.2, 0.25) is 0 Å². The molecule has 0 aromatic carbocycles. The first-order chi connectivity index (χ1) is 6.39. The molecule has 0 aromatic rings. The summed E-state index contributed by atoms with van der Waals surface area (Å²) in [6.07, 6.45) is 6.70. The Hall–Kier alpha value is -0.720. The molecule has 1 N–H and O–H groups in total. The zero-order chi connectivity index (χ0) is 11.2. The molecule has 0 aliphatic heterocycles. The van der Waals surface area contributed by atoms with Crippen molar-refractivity contribution in [2.75, 3.05) is 0 Å². The molecule has 0 spiro atoms. The molecule has 0 bridgehead atoms. The molecule has 0 radical (unpaired) electrons. The number of allylic oxidation sites excluding steroid dienone is 2. The molecule has 1 nitrogen and oxygen atoms in total. The van der Waals surface area contributed by atoms with Crippen molar-refractivity contribution in [3.8, 4) is 0 Å². The molecule has 0 saturated carbocycles. The molecule has 14 heavy (non-hydrogen) atoms. The van der Waals surface area contributed by atoms with Crippen LogP contribution in [0.15, 0.2) is 24.6 Å². The monoisotopic (exact) mass is 195 g/mol. The van der Waals surface area contributed by atoms with Gasteiger partial charge in [-0.15, -0.1) is 0 Å². The molecule has 0 fully saturated rings. The normalized spacial score (nSPS) is 12.4. The van der Waals surface area contributed by atoms with E-state index in [1.165, 1.54) is 12.8 Å². The van der Waals surface area contributed by atoms with Gasteiger partial charge in [-0.25, -0.2) is 0 Å². The van der Waals surface area contributed by atoms with Crippen LogP contribution in [0.1, 0.15) is 47.5 Å². The highest BCUT2D eigenvalue weighted by molar-refractivity contribution is 5.02. The van der Waals surface area contributed by atoms with Gasteiger partial charge in [-0.3, -0.25) is 0 Å². The van der Waals surface area contributed by atoms with Gasteiger partial charge < -0.3 is 5.32 Å². The Balaban J connectivity index is 3.99. The summed E-state index contributed by atoms with van der Waals surface area (Å²) in [5.74, 6) is 0.494. The van der Waals surface area contributed by atoms with E-state index in [9.17, 15) is 0 Å². The largest absolute Gasteiger partial charge is 0.366 e. The highest BCUT2D eigenvalue weighted by Gasteiger charge is 2.11. The summed E-state index contributed by atoms with van der Waals surface area (Å²) in [6, 6.07) is 0. The Morgan fingerprint density at radius 1 is 1.43 bits per heavy atom. The van der Waals surface area contributed by atoms with E-state index in [1.54, 1.807) is 0 Å². The van der Waals surface area contributed by atoms with Crippen LogP contribution in [-0.4, -0.2) is 0 Å². The number of rotatable bonds is 6. The standard InChI is InChI=1S/C13H25N/c1-7-8-13(5,6)9-10-14-12(4)11(2)3/h9-11,14H,4,7-8H2,1-3,5-6H3/b10-9-. The van der Waals surface area contributed by atoms with Crippen LogP contribution in [-0.2, 0) is 0 Å². The molecule has 1 heteroatoms. The third-order valence-electron chi connectivity index (χ3n) is 2.39. The Kier molecular flexibility index (Phi) is 5.59. The summed E-state index contributed by atoms with van der Waals surface area (Å²) >= 11 is 0. The smallest absolute Gasteiger partial charge is 0.00991 e. The summed E-state index contributed by atoms with van der Waals surface area (Å²) in [4.78, 5) is 0. The van der Waals surface area contributed by atoms with Crippen molar-refractivity contribution in [1.29, 1.82) is 0 Å². The zero-order valence-electron chi connectivity index (χ0n) is 10.4. The molecule has 0 heterocycles. The third-order valence-corrected chi connectivity index (χ3v) is 2.39. The second-order valence-corrected chi connectivity index (χ2v) is 4.90. The number of hydrogen-bond donors (Lipinski definition) is 1. The highest BCUT2D eigenvalue weighted by Crippen LogP contribution is 2.23. The molecule has 0 saturated heterocycles. The molecular weight excluding hydrogens is 170 g/mol. The summed E-state index contributed by atoms with van der Waals surface area (Å²) in [5, 5.41) is 3.22. The molecule has 0 aliphatic carbocycles. The lowest BCUT2D eigenvalue weighted by atomic mass is 9.88. The van der Waals surface area contributed by atoms with E-state index in [-0.39, 0.29) is 0 Å². The number of hydrogen-bond acceptors (Lipinski definition) is 1. The topological polar surface area (TPSA) is 12.0 Å². The maximum absolute atomic E-state index is 3.96. The second kappa shape index (κ2) is 5.90. The first-order valence-corrected chi connectivity index (χ1v) is 5.52. The fourth-order valence-corrected chi connectivity index (χ4v) is 1.27. The third kappa shape index (κ3) is 5.85. The first-order valence-electron chi connectivity index (χ1n) is 5.52. The van der Waals surface area contributed by atoms with E-state index in [1.807, 2.05) is 6.20 Å². The van der Waals surface area contributed by atoms with Crippen LogP contribution in [0.5, 0.6) is 0 Å². The van der Waals surface area contributed by atoms with Crippen molar-refractivity contribution in [3.63, 3.8) is 0 Å². The van der Waals surface area contributed by atoms with E-state index < -0.39 is 0 Å². The Labute approximate surface area is 89.3 Å². The van der Waals surface area contributed by atoms with Crippen LogP contribution in [0.4, 0.5) is 0 Å². The quantitative estimate of drug-likeness (QED) is 0.673. The van der Waals surface area contributed by atoms with Gasteiger partial charge in [0, 0.05) is 5.70 Å². The molecule has 0 aromatic heterocycles. The molecule has 0 atom stereocenters. The SMILES string of the molecule is C=C(N/C=C\C(C)(C)CCC)C(C)C. The van der Waals surface area contributed by atoms with Crippen molar-refractivity contribution < 1.29 is 0 Å². The second-order valence-electron chi connectivity index (χ2n) is 4.90. The minimum atomic E-state index is 0.291. The maximum Gasteiger partial charge on any atom is 0.00991 e. The summed E-state index contributed by atoms with van der Waals surface area (Å²) in [5.41, 5.74) is 1.37. The lowest BCUT2D eigenvalue weighted by molar-refractivity contribution is 0.430. The van der Waals surface area contributed by atoms with E-state index in [4.69, 9.17) is 0 Å². The minimum Gasteiger partial charge on any atom is -0.366 e. The van der Waals surface area contributed by atoms with Crippen LogP contribution >= 0.6 is 0 Å². The van der Waals surface area contributed by atoms with Crippen molar-refractivity contribution >= 4 is 0 Å². The minimum absolute atomic E-state index is 0.291. The lowest BCUT2D eigenvalue weighted by Crippen LogP contribution is -2.12. The lowest BCUT2D eigenvalue weighted by Gasteiger charge is -2.19. The van der Waals surface area contributed by atoms with E-state index in [0.29, 0.717) is 11.3 Å². The van der Waals surface area contributed by atoms with Gasteiger partial charge in [0.15, 0.2) is 0 Å². The van der Waals surface area contributed by atoms with Crippen LogP contribution in [0, 0.1) is 11.3 Å². The summed E-state index contributed by atoms with van der Waals surface area (Å²) in [6.45, 7) is 15.0. The zero-order valence-corrected chi connectivity index (χ0v) is 10.4. The van der Waals surface area contributed by atoms with Gasteiger partial charge in [0.05, 0.1) is 0 Å². The predicted molar refractivity (Wildman–Crippen MR) is 64.9 cm³/mol. The molecule has 0 aliphatic rings. The van der Waals surface area contributed by atoms with E-state index >= 15 is 0 Å². The first kappa shape index (κ1) is 13.3. The number of nitrogens with one attached hydrogen (secondary N) is 1. The molecule has 0 unspecified atom stereocenters. The summed E-state index contributed by atoms with van der Waals surface area (Å²) in [7, 11) is 0. The Bertz CT molecular complexity index is 199. The maximum atomic E-state index is 3.96. The molecular formula is C13H25N. The van der Waals surface area contributed by atoms with E-state index in [0.717, 1.165) is 5.70 Å². The van der Waals surface area contributed by atoms with Gasteiger partial charge in [0.1, 0.15) is 0 Å². The van der Waals surface area contributed by atoms with Crippen molar-refractivity contribution in [3.05, 3.63) is 24.6 Å². The van der Waals surface area contributed by atoms with Gasteiger partial charge in [-0.2, -0.15) is 0 Å².